The number of fused-ring (bicyclic) bond motifs is 1. The molecule has 1 heterocycles. The predicted octanol–water partition coefficient (Wildman–Crippen LogP) is 3.34. The third-order valence-electron chi connectivity index (χ3n) is 5.13. The summed E-state index contributed by atoms with van der Waals surface area (Å²) in [5.74, 6) is 1.35. The van der Waals surface area contributed by atoms with Crippen molar-refractivity contribution in [2.75, 3.05) is 26.8 Å². The Morgan fingerprint density at radius 1 is 1.10 bits per heavy atom. The largest absolute Gasteiger partial charge is 0.497 e. The van der Waals surface area contributed by atoms with Crippen LogP contribution < -0.4 is 20.3 Å². The normalized spacial score (nSPS) is 12.1. The molecule has 0 amide bonds. The van der Waals surface area contributed by atoms with E-state index < -0.39 is 6.10 Å². The Morgan fingerprint density at radius 2 is 1.83 bits per heavy atom. The highest BCUT2D eigenvalue weighted by molar-refractivity contribution is 5.86. The van der Waals surface area contributed by atoms with Gasteiger partial charge in [0.1, 0.15) is 24.2 Å². The fraction of sp³-hybridized carbons (Fsp3) is 0.375. The third kappa shape index (κ3) is 5.20. The monoisotopic (exact) mass is 410 g/mol. The number of rotatable bonds is 10. The first-order chi connectivity index (χ1) is 14.5. The van der Waals surface area contributed by atoms with E-state index in [9.17, 15) is 9.90 Å². The first-order valence-electron chi connectivity index (χ1n) is 10.3. The van der Waals surface area contributed by atoms with Gasteiger partial charge in [-0.05, 0) is 66.4 Å². The highest BCUT2D eigenvalue weighted by atomic mass is 16.5. The highest BCUT2D eigenvalue weighted by Gasteiger charge is 2.10. The number of hydrogen-bond donors (Lipinski definition) is 2. The summed E-state index contributed by atoms with van der Waals surface area (Å²) in [6.07, 6.45) is 1.67. The van der Waals surface area contributed by atoms with Crippen LogP contribution in [0.1, 0.15) is 19.8 Å². The van der Waals surface area contributed by atoms with E-state index in [0.717, 1.165) is 36.0 Å². The molecular formula is C24H30N2O4. The Hall–Kier alpha value is -2.83. The molecular weight excluding hydrogens is 380 g/mol. The molecule has 30 heavy (non-hydrogen) atoms. The van der Waals surface area contributed by atoms with Gasteiger partial charge in [0, 0.05) is 13.6 Å². The van der Waals surface area contributed by atoms with Crippen molar-refractivity contribution in [3.05, 3.63) is 58.9 Å². The second kappa shape index (κ2) is 10.3. The predicted molar refractivity (Wildman–Crippen MR) is 120 cm³/mol. The minimum Gasteiger partial charge on any atom is -0.497 e. The topological polar surface area (TPSA) is 72.7 Å². The summed E-state index contributed by atoms with van der Waals surface area (Å²) in [5.41, 5.74) is 1.67. The average molecular weight is 411 g/mol. The van der Waals surface area contributed by atoms with E-state index in [0.29, 0.717) is 23.4 Å². The second-order valence-corrected chi connectivity index (χ2v) is 7.39. The smallest absolute Gasteiger partial charge is 0.258 e. The van der Waals surface area contributed by atoms with Gasteiger partial charge in [0.05, 0.1) is 18.2 Å². The van der Waals surface area contributed by atoms with Crippen molar-refractivity contribution >= 4 is 10.8 Å². The molecule has 0 aliphatic rings. The number of aromatic nitrogens is 1. The molecule has 1 aromatic heterocycles. The van der Waals surface area contributed by atoms with Crippen molar-refractivity contribution < 1.29 is 14.6 Å². The van der Waals surface area contributed by atoms with Crippen molar-refractivity contribution in [1.29, 1.82) is 0 Å². The van der Waals surface area contributed by atoms with Crippen LogP contribution in [0.25, 0.3) is 22.0 Å². The third-order valence-corrected chi connectivity index (χ3v) is 5.13. The lowest BCUT2D eigenvalue weighted by molar-refractivity contribution is 0.106. The van der Waals surface area contributed by atoms with E-state index in [1.807, 2.05) is 42.5 Å². The summed E-state index contributed by atoms with van der Waals surface area (Å²) >= 11 is 0. The van der Waals surface area contributed by atoms with Crippen molar-refractivity contribution in [3.63, 3.8) is 0 Å². The van der Waals surface area contributed by atoms with Gasteiger partial charge in [-0.1, -0.05) is 19.4 Å². The van der Waals surface area contributed by atoms with Gasteiger partial charge in [0.2, 0.25) is 0 Å². The van der Waals surface area contributed by atoms with Crippen LogP contribution in [0.3, 0.4) is 0 Å². The van der Waals surface area contributed by atoms with Gasteiger partial charge in [-0.25, -0.2) is 0 Å². The van der Waals surface area contributed by atoms with E-state index >= 15 is 0 Å². The van der Waals surface area contributed by atoms with Crippen LogP contribution in [0.5, 0.6) is 11.5 Å². The van der Waals surface area contributed by atoms with Crippen LogP contribution in [0.4, 0.5) is 0 Å². The van der Waals surface area contributed by atoms with E-state index in [-0.39, 0.29) is 12.2 Å². The van der Waals surface area contributed by atoms with Crippen LogP contribution >= 0.6 is 0 Å². The molecule has 0 saturated carbocycles. The Balaban J connectivity index is 1.71. The lowest BCUT2D eigenvalue weighted by atomic mass is 10.1. The number of benzene rings is 2. The summed E-state index contributed by atoms with van der Waals surface area (Å²) in [5, 5.41) is 14.7. The maximum Gasteiger partial charge on any atom is 0.258 e. The van der Waals surface area contributed by atoms with E-state index in [1.54, 1.807) is 24.8 Å². The van der Waals surface area contributed by atoms with Crippen LogP contribution in [0, 0.1) is 0 Å². The summed E-state index contributed by atoms with van der Waals surface area (Å²) in [7, 11) is 3.36. The zero-order chi connectivity index (χ0) is 21.5. The highest BCUT2D eigenvalue weighted by Crippen LogP contribution is 2.26. The maximum atomic E-state index is 12.8. The lowest BCUT2D eigenvalue weighted by Gasteiger charge is -2.14. The second-order valence-electron chi connectivity index (χ2n) is 7.39. The van der Waals surface area contributed by atoms with E-state index in [2.05, 4.69) is 12.2 Å². The van der Waals surface area contributed by atoms with Crippen molar-refractivity contribution in [2.45, 2.75) is 25.9 Å². The summed E-state index contributed by atoms with van der Waals surface area (Å²) in [6.45, 7) is 3.79. The van der Waals surface area contributed by atoms with Gasteiger partial charge < -0.3 is 24.5 Å². The molecule has 0 bridgehead atoms. The molecule has 160 valence electrons. The van der Waals surface area contributed by atoms with Gasteiger partial charge in [0.25, 0.3) is 5.56 Å². The number of pyridine rings is 1. The molecule has 6 nitrogen and oxygen atoms in total. The van der Waals surface area contributed by atoms with Crippen LogP contribution in [-0.2, 0) is 7.05 Å². The fourth-order valence-corrected chi connectivity index (χ4v) is 3.33. The van der Waals surface area contributed by atoms with Crippen LogP contribution in [-0.4, -0.2) is 42.6 Å². The molecule has 2 aromatic carbocycles. The molecule has 1 atom stereocenters. The van der Waals surface area contributed by atoms with Gasteiger partial charge in [-0.3, -0.25) is 4.79 Å². The standard InChI is InChI=1S/C24H30N2O4/c1-4-5-12-25-15-19(27)16-30-20-9-6-17(7-10-20)23-13-18-8-11-21(29-3)14-22(18)24(28)26(23)2/h6-11,13-14,19,25,27H,4-5,12,15-16H2,1-3H3. The summed E-state index contributed by atoms with van der Waals surface area (Å²) in [4.78, 5) is 12.8. The quantitative estimate of drug-likeness (QED) is 0.502. The van der Waals surface area contributed by atoms with Crippen molar-refractivity contribution in [2.24, 2.45) is 7.05 Å². The van der Waals surface area contributed by atoms with Crippen molar-refractivity contribution in [1.82, 2.24) is 9.88 Å². The molecule has 2 N–H and O–H groups in total. The van der Waals surface area contributed by atoms with Crippen molar-refractivity contribution in [3.8, 4) is 22.8 Å². The van der Waals surface area contributed by atoms with Crippen LogP contribution in [0.15, 0.2) is 53.3 Å². The number of methoxy groups -OCH3 is 1. The fourth-order valence-electron chi connectivity index (χ4n) is 3.33. The molecule has 0 aliphatic carbocycles. The molecule has 0 aliphatic heterocycles. The van der Waals surface area contributed by atoms with Gasteiger partial charge in [-0.2, -0.15) is 0 Å². The van der Waals surface area contributed by atoms with E-state index in [4.69, 9.17) is 9.47 Å². The molecule has 0 fully saturated rings. The van der Waals surface area contributed by atoms with Gasteiger partial charge in [-0.15, -0.1) is 0 Å². The zero-order valence-corrected chi connectivity index (χ0v) is 17.9. The van der Waals surface area contributed by atoms with Gasteiger partial charge in [0.15, 0.2) is 0 Å². The Kier molecular flexibility index (Phi) is 7.49. The number of nitrogens with zero attached hydrogens (tertiary/aromatic N) is 1. The van der Waals surface area contributed by atoms with Crippen LogP contribution in [0.2, 0.25) is 0 Å². The first-order valence-corrected chi connectivity index (χ1v) is 10.3. The lowest BCUT2D eigenvalue weighted by Crippen LogP contribution is -2.31. The minimum atomic E-state index is -0.556. The number of aliphatic hydroxyl groups is 1. The number of ether oxygens (including phenoxy) is 2. The number of hydrogen-bond acceptors (Lipinski definition) is 5. The molecule has 3 rings (SSSR count). The SMILES string of the molecule is CCCCNCC(O)COc1ccc(-c2cc3ccc(OC)cc3c(=O)n2C)cc1. The summed E-state index contributed by atoms with van der Waals surface area (Å²) in [6, 6.07) is 15.1. The molecule has 0 radical (unpaired) electrons. The molecule has 0 spiro atoms. The van der Waals surface area contributed by atoms with E-state index in [1.165, 1.54) is 0 Å². The Labute approximate surface area is 177 Å². The minimum absolute atomic E-state index is 0.0691. The Bertz CT molecular complexity index is 1030. The molecule has 3 aromatic rings. The number of aliphatic hydroxyl groups excluding tert-OH is 1. The zero-order valence-electron chi connectivity index (χ0n) is 17.9. The molecule has 6 heteroatoms. The summed E-state index contributed by atoms with van der Waals surface area (Å²) < 4.78 is 12.6. The number of nitrogens with one attached hydrogen (secondary N) is 1. The molecule has 0 saturated heterocycles. The maximum absolute atomic E-state index is 12.8. The Morgan fingerprint density at radius 3 is 2.53 bits per heavy atom. The first kappa shape index (κ1) is 21.9. The van der Waals surface area contributed by atoms with Gasteiger partial charge >= 0.3 is 0 Å². The molecule has 1 unspecified atom stereocenters. The number of unbranched alkanes of at least 4 members (excludes halogenated alkanes) is 1. The average Bonchev–Trinajstić information content (AvgIpc) is 2.78.